The highest BCUT2D eigenvalue weighted by molar-refractivity contribution is 5.75. The first kappa shape index (κ1) is 20.6. The molecule has 0 N–H and O–H groups in total. The molecule has 0 aromatic carbocycles. The molecule has 0 amide bonds. The molecule has 0 fully saturated rings. The largest absolute Gasteiger partial charge is 0.300 e. The molecule has 0 rings (SSSR count). The summed E-state index contributed by atoms with van der Waals surface area (Å²) in [6, 6.07) is 0. The van der Waals surface area contributed by atoms with E-state index in [0.717, 1.165) is 44.9 Å². The van der Waals surface area contributed by atoms with Crippen molar-refractivity contribution in [1.29, 1.82) is 0 Å². The second-order valence-corrected chi connectivity index (χ2v) is 5.66. The van der Waals surface area contributed by atoms with Gasteiger partial charge < -0.3 is 4.79 Å². The topological polar surface area (TPSA) is 17.1 Å². The van der Waals surface area contributed by atoms with Crippen molar-refractivity contribution in [1.82, 2.24) is 0 Å². The number of Topliss-reactive ketones (excluding diaryl/α,β-unsaturated/α-hetero) is 1. The van der Waals surface area contributed by atoms with Crippen LogP contribution in [0.4, 0.5) is 0 Å². The third kappa shape index (κ3) is 18.6. The average molecular weight is 303 g/mol. The number of carbonyl (C=O) groups excluding carboxylic acids is 1. The summed E-state index contributed by atoms with van der Waals surface area (Å²) < 4.78 is 0. The van der Waals surface area contributed by atoms with Crippen LogP contribution in [-0.4, -0.2) is 5.78 Å². The van der Waals surface area contributed by atoms with Crippen molar-refractivity contribution in [2.45, 2.75) is 78.1 Å². The lowest BCUT2D eigenvalue weighted by atomic mass is 10.1. The van der Waals surface area contributed by atoms with E-state index in [1.165, 1.54) is 19.3 Å². The second kappa shape index (κ2) is 17.7. The van der Waals surface area contributed by atoms with Crippen LogP contribution in [0.15, 0.2) is 48.6 Å². The number of ketones is 1. The van der Waals surface area contributed by atoms with Gasteiger partial charge >= 0.3 is 0 Å². The molecule has 0 aliphatic heterocycles. The zero-order chi connectivity index (χ0) is 16.3. The van der Waals surface area contributed by atoms with Gasteiger partial charge in [-0.3, -0.25) is 0 Å². The normalized spacial score (nSPS) is 12.5. The highest BCUT2D eigenvalue weighted by Crippen LogP contribution is 2.06. The predicted molar refractivity (Wildman–Crippen MR) is 99.1 cm³/mol. The molecule has 0 saturated heterocycles. The van der Waals surface area contributed by atoms with Gasteiger partial charge in [0, 0.05) is 6.42 Å². The lowest BCUT2D eigenvalue weighted by Crippen LogP contribution is -1.88. The summed E-state index contributed by atoms with van der Waals surface area (Å²) in [5.41, 5.74) is 0. The van der Waals surface area contributed by atoms with Crippen LogP contribution in [0.1, 0.15) is 78.1 Å². The molecule has 124 valence electrons. The van der Waals surface area contributed by atoms with Crippen LogP contribution in [0.25, 0.3) is 0 Å². The number of rotatable bonds is 14. The number of allylic oxidation sites excluding steroid dienone is 8. The Morgan fingerprint density at radius 3 is 1.73 bits per heavy atom. The Morgan fingerprint density at radius 2 is 1.18 bits per heavy atom. The van der Waals surface area contributed by atoms with Crippen LogP contribution < -0.4 is 0 Å². The molecule has 0 spiro atoms. The fourth-order valence-corrected chi connectivity index (χ4v) is 2.09. The Bertz CT molecular complexity index is 358. The molecule has 0 unspecified atom stereocenters. The molecule has 0 bridgehead atoms. The van der Waals surface area contributed by atoms with Crippen molar-refractivity contribution in [2.24, 2.45) is 0 Å². The SMILES string of the molecule is CC/C=C\C/C=C\C/C=C\C/C=C\CCCCCCC(C)=O. The highest BCUT2D eigenvalue weighted by atomic mass is 16.1. The number of carbonyl (C=O) groups is 1. The summed E-state index contributed by atoms with van der Waals surface area (Å²) in [7, 11) is 0. The van der Waals surface area contributed by atoms with E-state index in [9.17, 15) is 4.79 Å². The molecule has 22 heavy (non-hydrogen) atoms. The minimum atomic E-state index is 0.318. The van der Waals surface area contributed by atoms with E-state index in [-0.39, 0.29) is 0 Å². The standard InChI is InChI=1S/C21H34O/c1-3-4-5-6-7-8-9-10-11-12-13-14-15-16-17-18-19-20-21(2)22/h4-5,7-8,10-11,13-14H,3,6,9,12,15-20H2,1-2H3/b5-4-,8-7-,11-10-,14-13-. The van der Waals surface area contributed by atoms with Gasteiger partial charge in [-0.15, -0.1) is 0 Å². The molecular formula is C21H34O. The summed E-state index contributed by atoms with van der Waals surface area (Å²) in [6.45, 7) is 3.83. The maximum absolute atomic E-state index is 10.8. The first-order chi connectivity index (χ1) is 10.8. The van der Waals surface area contributed by atoms with E-state index in [0.29, 0.717) is 5.78 Å². The zero-order valence-corrected chi connectivity index (χ0v) is 14.6. The Balaban J connectivity index is 3.34. The smallest absolute Gasteiger partial charge is 0.129 e. The van der Waals surface area contributed by atoms with Crippen LogP contribution in [0.5, 0.6) is 0 Å². The fourth-order valence-electron chi connectivity index (χ4n) is 2.09. The predicted octanol–water partition coefficient (Wildman–Crippen LogP) is 6.72. The third-order valence-corrected chi connectivity index (χ3v) is 3.37. The van der Waals surface area contributed by atoms with Gasteiger partial charge in [0.15, 0.2) is 0 Å². The minimum absolute atomic E-state index is 0.318. The first-order valence-corrected chi connectivity index (χ1v) is 8.86. The van der Waals surface area contributed by atoms with E-state index in [1.54, 1.807) is 6.92 Å². The van der Waals surface area contributed by atoms with Crippen molar-refractivity contribution < 1.29 is 4.79 Å². The van der Waals surface area contributed by atoms with Crippen molar-refractivity contribution in [3.8, 4) is 0 Å². The highest BCUT2D eigenvalue weighted by Gasteiger charge is 1.92. The quantitative estimate of drug-likeness (QED) is 0.257. The Morgan fingerprint density at radius 1 is 0.682 bits per heavy atom. The average Bonchev–Trinajstić information content (AvgIpc) is 2.50. The number of unbranched alkanes of at least 4 members (excludes halogenated alkanes) is 4. The Labute approximate surface area is 137 Å². The van der Waals surface area contributed by atoms with Crippen LogP contribution >= 0.6 is 0 Å². The summed E-state index contributed by atoms with van der Waals surface area (Å²) in [4.78, 5) is 10.8. The van der Waals surface area contributed by atoms with Crippen molar-refractivity contribution >= 4 is 5.78 Å². The first-order valence-electron chi connectivity index (χ1n) is 8.86. The van der Waals surface area contributed by atoms with Crippen molar-refractivity contribution in [3.05, 3.63) is 48.6 Å². The molecule has 0 saturated carbocycles. The molecule has 0 aromatic heterocycles. The van der Waals surface area contributed by atoms with E-state index in [2.05, 4.69) is 55.5 Å². The maximum Gasteiger partial charge on any atom is 0.129 e. The van der Waals surface area contributed by atoms with Gasteiger partial charge in [-0.05, 0) is 51.9 Å². The van der Waals surface area contributed by atoms with Gasteiger partial charge in [0.25, 0.3) is 0 Å². The van der Waals surface area contributed by atoms with Gasteiger partial charge in [0.1, 0.15) is 5.78 Å². The monoisotopic (exact) mass is 302 g/mol. The number of hydrogen-bond donors (Lipinski definition) is 0. The Hall–Kier alpha value is -1.37. The van der Waals surface area contributed by atoms with E-state index < -0.39 is 0 Å². The molecule has 0 aliphatic rings. The van der Waals surface area contributed by atoms with Crippen molar-refractivity contribution in [3.63, 3.8) is 0 Å². The summed E-state index contributed by atoms with van der Waals surface area (Å²) in [5.74, 6) is 0.318. The lowest BCUT2D eigenvalue weighted by Gasteiger charge is -1.97. The molecule has 0 atom stereocenters. The molecule has 0 heterocycles. The summed E-state index contributed by atoms with van der Waals surface area (Å²) in [6.07, 6.45) is 28.7. The molecule has 1 heteroatoms. The molecule has 0 aliphatic carbocycles. The van der Waals surface area contributed by atoms with Gasteiger partial charge in [-0.2, -0.15) is 0 Å². The van der Waals surface area contributed by atoms with Gasteiger partial charge in [0.2, 0.25) is 0 Å². The zero-order valence-electron chi connectivity index (χ0n) is 14.6. The molecule has 0 aromatic rings. The summed E-state index contributed by atoms with van der Waals surface area (Å²) in [5, 5.41) is 0. The number of hydrogen-bond acceptors (Lipinski definition) is 1. The maximum atomic E-state index is 10.8. The second-order valence-electron chi connectivity index (χ2n) is 5.66. The molecule has 1 nitrogen and oxygen atoms in total. The van der Waals surface area contributed by atoms with E-state index in [1.807, 2.05) is 0 Å². The van der Waals surface area contributed by atoms with Crippen LogP contribution in [0, 0.1) is 0 Å². The molecule has 0 radical (unpaired) electrons. The van der Waals surface area contributed by atoms with Gasteiger partial charge in [-0.25, -0.2) is 0 Å². The molecular weight excluding hydrogens is 268 g/mol. The van der Waals surface area contributed by atoms with E-state index >= 15 is 0 Å². The van der Waals surface area contributed by atoms with E-state index in [4.69, 9.17) is 0 Å². The van der Waals surface area contributed by atoms with Crippen LogP contribution in [0.2, 0.25) is 0 Å². The Kier molecular flexibility index (Phi) is 16.6. The fraction of sp³-hybridized carbons (Fsp3) is 0.571. The van der Waals surface area contributed by atoms with Crippen LogP contribution in [0.3, 0.4) is 0 Å². The van der Waals surface area contributed by atoms with Gasteiger partial charge in [0.05, 0.1) is 0 Å². The third-order valence-electron chi connectivity index (χ3n) is 3.37. The summed E-state index contributed by atoms with van der Waals surface area (Å²) >= 11 is 0. The van der Waals surface area contributed by atoms with Gasteiger partial charge in [-0.1, -0.05) is 68.4 Å². The minimum Gasteiger partial charge on any atom is -0.300 e. The van der Waals surface area contributed by atoms with Crippen LogP contribution in [-0.2, 0) is 4.79 Å². The lowest BCUT2D eigenvalue weighted by molar-refractivity contribution is -0.117. The van der Waals surface area contributed by atoms with Crippen molar-refractivity contribution in [2.75, 3.05) is 0 Å².